The van der Waals surface area contributed by atoms with E-state index in [2.05, 4.69) is 15.9 Å². The molecular formula is C25H26BrFO5. The number of rotatable bonds is 3. The first kappa shape index (κ1) is 24.0. The number of halogens is 2. The predicted molar refractivity (Wildman–Crippen MR) is 123 cm³/mol. The third kappa shape index (κ3) is 6.66. The fourth-order valence-electron chi connectivity index (χ4n) is 3.50. The van der Waals surface area contributed by atoms with Crippen LogP contribution in [0, 0.1) is 5.82 Å². The normalized spacial score (nSPS) is 17.9. The first-order valence-electron chi connectivity index (χ1n) is 10.7. The van der Waals surface area contributed by atoms with Crippen LogP contribution in [0.4, 0.5) is 4.39 Å². The highest BCUT2D eigenvalue weighted by molar-refractivity contribution is 9.10. The number of allylic oxidation sites excluding steroid dienone is 1. The van der Waals surface area contributed by atoms with Gasteiger partial charge in [0, 0.05) is 28.9 Å². The first-order chi connectivity index (χ1) is 15.3. The minimum Gasteiger partial charge on any atom is -0.507 e. The Morgan fingerprint density at radius 2 is 1.97 bits per heavy atom. The molecule has 1 aliphatic heterocycles. The van der Waals surface area contributed by atoms with Crippen LogP contribution < -0.4 is 4.74 Å². The van der Waals surface area contributed by atoms with E-state index < -0.39 is 11.8 Å². The van der Waals surface area contributed by atoms with Crippen LogP contribution in [-0.2, 0) is 16.1 Å². The Morgan fingerprint density at radius 3 is 2.75 bits per heavy atom. The second kappa shape index (κ2) is 11.3. The lowest BCUT2D eigenvalue weighted by Crippen LogP contribution is -2.17. The number of benzene rings is 2. The largest absolute Gasteiger partial charge is 0.507 e. The highest BCUT2D eigenvalue weighted by Crippen LogP contribution is 2.31. The van der Waals surface area contributed by atoms with Crippen LogP contribution in [0.3, 0.4) is 0 Å². The quantitative estimate of drug-likeness (QED) is 0.492. The summed E-state index contributed by atoms with van der Waals surface area (Å²) in [6, 6.07) is 7.62. The Bertz CT molecular complexity index is 1020. The summed E-state index contributed by atoms with van der Waals surface area (Å²) in [7, 11) is 0. The number of Topliss-reactive ketones (excluding diaryl/α,β-unsaturated/α-hetero) is 1. The van der Waals surface area contributed by atoms with Crippen molar-refractivity contribution in [1.82, 2.24) is 0 Å². The van der Waals surface area contributed by atoms with Crippen molar-refractivity contribution < 1.29 is 28.6 Å². The van der Waals surface area contributed by atoms with Crippen LogP contribution in [-0.4, -0.2) is 23.0 Å². The second-order valence-corrected chi connectivity index (χ2v) is 8.79. The average Bonchev–Trinajstić information content (AvgIpc) is 2.72. The van der Waals surface area contributed by atoms with Crippen LogP contribution in [0.15, 0.2) is 40.9 Å². The summed E-state index contributed by atoms with van der Waals surface area (Å²) in [5.41, 5.74) is 0.862. The summed E-state index contributed by atoms with van der Waals surface area (Å²) < 4.78 is 25.9. The molecule has 0 unspecified atom stereocenters. The van der Waals surface area contributed by atoms with E-state index >= 15 is 0 Å². The summed E-state index contributed by atoms with van der Waals surface area (Å²) in [5.74, 6) is -0.802. The Hall–Kier alpha value is -2.67. The highest BCUT2D eigenvalue weighted by atomic mass is 79.9. The molecule has 0 amide bonds. The molecule has 1 heterocycles. The lowest BCUT2D eigenvalue weighted by atomic mass is 10.0. The van der Waals surface area contributed by atoms with Gasteiger partial charge in [-0.15, -0.1) is 0 Å². The van der Waals surface area contributed by atoms with Crippen molar-refractivity contribution in [1.29, 1.82) is 0 Å². The van der Waals surface area contributed by atoms with E-state index in [9.17, 15) is 19.1 Å². The van der Waals surface area contributed by atoms with Crippen LogP contribution >= 0.6 is 15.9 Å². The Kier molecular flexibility index (Phi) is 8.45. The Labute approximate surface area is 195 Å². The van der Waals surface area contributed by atoms with Gasteiger partial charge in [-0.05, 0) is 56.4 Å². The molecular weight excluding hydrogens is 479 g/mol. The van der Waals surface area contributed by atoms with E-state index in [4.69, 9.17) is 9.47 Å². The monoisotopic (exact) mass is 504 g/mol. The molecule has 0 aromatic heterocycles. The van der Waals surface area contributed by atoms with Gasteiger partial charge in [-0.25, -0.2) is 9.18 Å². The van der Waals surface area contributed by atoms with E-state index in [1.807, 2.05) is 6.08 Å². The third-order valence-corrected chi connectivity index (χ3v) is 5.73. The minimum absolute atomic E-state index is 0.0371. The van der Waals surface area contributed by atoms with Crippen molar-refractivity contribution in [3.8, 4) is 11.5 Å². The molecule has 0 saturated heterocycles. The summed E-state index contributed by atoms with van der Waals surface area (Å²) >= 11 is 3.22. The molecule has 1 atom stereocenters. The molecule has 170 valence electrons. The maximum Gasteiger partial charge on any atom is 0.342 e. The predicted octanol–water partition coefficient (Wildman–Crippen LogP) is 6.35. The number of aromatic hydroxyl groups is 1. The van der Waals surface area contributed by atoms with Crippen molar-refractivity contribution in [2.45, 2.75) is 58.2 Å². The van der Waals surface area contributed by atoms with Gasteiger partial charge in [0.2, 0.25) is 0 Å². The van der Waals surface area contributed by atoms with Crippen molar-refractivity contribution in [2.24, 2.45) is 0 Å². The number of fused-ring (bicyclic) bond motifs is 1. The number of carbonyl (C=O) groups is 2. The van der Waals surface area contributed by atoms with Gasteiger partial charge in [0.25, 0.3) is 0 Å². The molecule has 0 spiro atoms. The number of hydrogen-bond donors (Lipinski definition) is 1. The number of carbonyl (C=O) groups excluding carboxylic acids is 2. The van der Waals surface area contributed by atoms with Crippen molar-refractivity contribution in [3.05, 3.63) is 63.4 Å². The van der Waals surface area contributed by atoms with Crippen LogP contribution in [0.25, 0.3) is 6.08 Å². The first-order valence-corrected chi connectivity index (χ1v) is 11.5. The van der Waals surface area contributed by atoms with Gasteiger partial charge >= 0.3 is 5.97 Å². The lowest BCUT2D eigenvalue weighted by Gasteiger charge is -2.16. The fraction of sp³-hybridized carbons (Fsp3) is 0.360. The highest BCUT2D eigenvalue weighted by Gasteiger charge is 2.21. The second-order valence-electron chi connectivity index (χ2n) is 7.87. The molecule has 0 aliphatic carbocycles. The topological polar surface area (TPSA) is 72.8 Å². The van der Waals surface area contributed by atoms with Crippen LogP contribution in [0.1, 0.15) is 66.9 Å². The molecule has 3 rings (SSSR count). The van der Waals surface area contributed by atoms with Gasteiger partial charge < -0.3 is 14.6 Å². The molecule has 2 aromatic carbocycles. The van der Waals surface area contributed by atoms with Gasteiger partial charge in [-0.3, -0.25) is 4.79 Å². The van der Waals surface area contributed by atoms with Gasteiger partial charge in [0.15, 0.2) is 0 Å². The van der Waals surface area contributed by atoms with Gasteiger partial charge in [0.1, 0.15) is 35.3 Å². The minimum atomic E-state index is -0.636. The Morgan fingerprint density at radius 1 is 1.19 bits per heavy atom. The average molecular weight is 505 g/mol. The number of ketones is 1. The standard InChI is InChI=1S/C25H26BrFO5/c1-16-6-5-9-20(28)8-4-2-3-7-17-12-21(14-23(29)24(17)25(30)32-16)31-15-18-10-11-19(26)13-22(18)27/h3,7,10-14,16,29H,2,4-6,8-9,15H2,1H3/t16-/m0/s1. The molecule has 0 bridgehead atoms. The maximum atomic E-state index is 14.1. The summed E-state index contributed by atoms with van der Waals surface area (Å²) in [5, 5.41) is 10.6. The van der Waals surface area contributed by atoms with E-state index in [-0.39, 0.29) is 29.8 Å². The number of esters is 1. The molecule has 2 aromatic rings. The van der Waals surface area contributed by atoms with Gasteiger partial charge in [0.05, 0.1) is 6.10 Å². The van der Waals surface area contributed by atoms with E-state index in [1.165, 1.54) is 12.1 Å². The fourth-order valence-corrected chi connectivity index (χ4v) is 3.83. The van der Waals surface area contributed by atoms with Crippen molar-refractivity contribution in [3.63, 3.8) is 0 Å². The van der Waals surface area contributed by atoms with Gasteiger partial charge in [-0.2, -0.15) is 0 Å². The third-order valence-electron chi connectivity index (χ3n) is 5.23. The number of cyclic esters (lactones) is 1. The zero-order valence-electron chi connectivity index (χ0n) is 17.9. The van der Waals surface area contributed by atoms with Crippen LogP contribution in [0.5, 0.6) is 11.5 Å². The summed E-state index contributed by atoms with van der Waals surface area (Å²) in [4.78, 5) is 24.7. The van der Waals surface area contributed by atoms with E-state index in [1.54, 1.807) is 31.2 Å². The zero-order chi connectivity index (χ0) is 23.1. The zero-order valence-corrected chi connectivity index (χ0v) is 19.5. The lowest BCUT2D eigenvalue weighted by molar-refractivity contribution is -0.119. The molecule has 0 fully saturated rings. The number of phenolic OH excluding ortho intramolecular Hbond substituents is 1. The van der Waals surface area contributed by atoms with Crippen molar-refractivity contribution >= 4 is 33.8 Å². The molecule has 7 heteroatoms. The maximum absolute atomic E-state index is 14.1. The van der Waals surface area contributed by atoms with E-state index in [0.717, 1.165) is 6.42 Å². The molecule has 0 radical (unpaired) electrons. The molecule has 5 nitrogen and oxygen atoms in total. The number of ether oxygens (including phenoxy) is 2. The SMILES string of the molecule is C[C@H]1CCCC(=O)CCCC=Cc2cc(OCc3ccc(Br)cc3F)cc(O)c2C(=O)O1. The smallest absolute Gasteiger partial charge is 0.342 e. The summed E-state index contributed by atoms with van der Waals surface area (Å²) in [6.45, 7) is 1.73. The van der Waals surface area contributed by atoms with Crippen LogP contribution in [0.2, 0.25) is 0 Å². The molecule has 1 aliphatic rings. The molecule has 1 N–H and O–H groups in total. The van der Waals surface area contributed by atoms with E-state index in [0.29, 0.717) is 53.5 Å². The Balaban J connectivity index is 1.86. The number of phenols is 1. The summed E-state index contributed by atoms with van der Waals surface area (Å²) in [6.07, 6.45) is 6.78. The number of hydrogen-bond acceptors (Lipinski definition) is 5. The molecule has 32 heavy (non-hydrogen) atoms. The molecule has 0 saturated carbocycles. The van der Waals surface area contributed by atoms with Crippen molar-refractivity contribution in [2.75, 3.05) is 0 Å². The van der Waals surface area contributed by atoms with Gasteiger partial charge in [-0.1, -0.05) is 34.1 Å².